The SMILES string of the molecule is Cc1nnnn1Cc1nn(-c2ccccc2)c2c1CCC2. The lowest BCUT2D eigenvalue weighted by molar-refractivity contribution is 0.611. The van der Waals surface area contributed by atoms with Crippen molar-refractivity contribution in [2.75, 3.05) is 0 Å². The molecule has 0 spiro atoms. The summed E-state index contributed by atoms with van der Waals surface area (Å²) in [5, 5.41) is 16.5. The molecular formula is C15H16N6. The van der Waals surface area contributed by atoms with Gasteiger partial charge in [0, 0.05) is 5.69 Å². The van der Waals surface area contributed by atoms with Crippen LogP contribution >= 0.6 is 0 Å². The summed E-state index contributed by atoms with van der Waals surface area (Å²) in [6.07, 6.45) is 3.38. The molecule has 0 amide bonds. The molecule has 0 N–H and O–H groups in total. The number of hydrogen-bond acceptors (Lipinski definition) is 4. The molecule has 106 valence electrons. The van der Waals surface area contributed by atoms with Gasteiger partial charge in [0.05, 0.1) is 17.9 Å². The van der Waals surface area contributed by atoms with Crippen LogP contribution in [0, 0.1) is 6.92 Å². The minimum absolute atomic E-state index is 0.640. The Morgan fingerprint density at radius 3 is 2.76 bits per heavy atom. The molecule has 6 nitrogen and oxygen atoms in total. The van der Waals surface area contributed by atoms with Crippen molar-refractivity contribution in [1.82, 2.24) is 30.0 Å². The second kappa shape index (κ2) is 4.80. The second-order valence-electron chi connectivity index (χ2n) is 5.36. The average molecular weight is 280 g/mol. The highest BCUT2D eigenvalue weighted by molar-refractivity contribution is 5.39. The maximum Gasteiger partial charge on any atom is 0.148 e. The number of aryl methyl sites for hydroxylation is 1. The number of fused-ring (bicyclic) bond motifs is 1. The van der Waals surface area contributed by atoms with Gasteiger partial charge in [-0.05, 0) is 54.3 Å². The van der Waals surface area contributed by atoms with E-state index in [0.29, 0.717) is 6.54 Å². The number of tetrazole rings is 1. The summed E-state index contributed by atoms with van der Waals surface area (Å²) < 4.78 is 3.88. The highest BCUT2D eigenvalue weighted by Crippen LogP contribution is 2.28. The highest BCUT2D eigenvalue weighted by Gasteiger charge is 2.23. The molecule has 3 aromatic rings. The molecule has 0 fully saturated rings. The molecule has 0 unspecified atom stereocenters. The number of para-hydroxylation sites is 1. The second-order valence-corrected chi connectivity index (χ2v) is 5.36. The summed E-state index contributed by atoms with van der Waals surface area (Å²) in [7, 11) is 0. The van der Waals surface area contributed by atoms with Gasteiger partial charge in [-0.25, -0.2) is 9.36 Å². The summed E-state index contributed by atoms with van der Waals surface area (Å²) >= 11 is 0. The quantitative estimate of drug-likeness (QED) is 0.732. The zero-order valence-corrected chi connectivity index (χ0v) is 11.9. The molecule has 2 aromatic heterocycles. The standard InChI is InChI=1S/C15H16N6/c1-11-16-18-19-20(11)10-14-13-8-5-9-15(13)21(17-14)12-6-3-2-4-7-12/h2-4,6-7H,5,8-10H2,1H3. The summed E-state index contributed by atoms with van der Waals surface area (Å²) in [4.78, 5) is 0. The largest absolute Gasteiger partial charge is 0.237 e. The number of rotatable bonds is 3. The van der Waals surface area contributed by atoms with Crippen molar-refractivity contribution in [3.05, 3.63) is 53.1 Å². The molecule has 1 aliphatic rings. The van der Waals surface area contributed by atoms with Gasteiger partial charge in [-0.15, -0.1) is 5.10 Å². The Kier molecular flexibility index (Phi) is 2.80. The van der Waals surface area contributed by atoms with Gasteiger partial charge in [0.25, 0.3) is 0 Å². The van der Waals surface area contributed by atoms with E-state index in [-0.39, 0.29) is 0 Å². The first-order valence-electron chi connectivity index (χ1n) is 7.21. The maximum atomic E-state index is 4.82. The van der Waals surface area contributed by atoms with Gasteiger partial charge in [0.2, 0.25) is 0 Å². The van der Waals surface area contributed by atoms with E-state index in [9.17, 15) is 0 Å². The van der Waals surface area contributed by atoms with Crippen molar-refractivity contribution in [1.29, 1.82) is 0 Å². The lowest BCUT2D eigenvalue weighted by atomic mass is 10.2. The smallest absolute Gasteiger partial charge is 0.148 e. The Morgan fingerprint density at radius 2 is 2.00 bits per heavy atom. The Hall–Kier alpha value is -2.50. The molecule has 1 aliphatic carbocycles. The lowest BCUT2D eigenvalue weighted by Crippen LogP contribution is -2.07. The fourth-order valence-corrected chi connectivity index (χ4v) is 2.96. The predicted molar refractivity (Wildman–Crippen MR) is 77.2 cm³/mol. The van der Waals surface area contributed by atoms with Gasteiger partial charge < -0.3 is 0 Å². The Bertz CT molecular complexity index is 771. The van der Waals surface area contributed by atoms with E-state index in [1.165, 1.54) is 17.7 Å². The zero-order valence-electron chi connectivity index (χ0n) is 11.9. The highest BCUT2D eigenvalue weighted by atomic mass is 15.5. The van der Waals surface area contributed by atoms with Crippen LogP contribution in [0.2, 0.25) is 0 Å². The molecule has 1 aromatic carbocycles. The van der Waals surface area contributed by atoms with Gasteiger partial charge >= 0.3 is 0 Å². The molecule has 0 atom stereocenters. The molecule has 4 rings (SSSR count). The van der Waals surface area contributed by atoms with Crippen LogP contribution in [0.25, 0.3) is 5.69 Å². The molecule has 0 saturated carbocycles. The minimum atomic E-state index is 0.640. The molecule has 0 bridgehead atoms. The molecule has 0 saturated heterocycles. The van der Waals surface area contributed by atoms with E-state index >= 15 is 0 Å². The van der Waals surface area contributed by atoms with E-state index in [1.807, 2.05) is 25.1 Å². The van der Waals surface area contributed by atoms with Crippen LogP contribution in [-0.4, -0.2) is 30.0 Å². The molecule has 21 heavy (non-hydrogen) atoms. The maximum absolute atomic E-state index is 4.82. The number of benzene rings is 1. The van der Waals surface area contributed by atoms with Crippen LogP contribution in [0.3, 0.4) is 0 Å². The third-order valence-electron chi connectivity index (χ3n) is 4.02. The monoisotopic (exact) mass is 280 g/mol. The number of nitrogens with zero attached hydrogens (tertiary/aromatic N) is 6. The third-order valence-corrected chi connectivity index (χ3v) is 4.02. The molecular weight excluding hydrogens is 264 g/mol. The van der Waals surface area contributed by atoms with E-state index in [4.69, 9.17) is 5.10 Å². The third kappa shape index (κ3) is 2.03. The normalized spacial score (nSPS) is 13.6. The Morgan fingerprint density at radius 1 is 1.14 bits per heavy atom. The molecule has 6 heteroatoms. The van der Waals surface area contributed by atoms with Crippen LogP contribution in [0.5, 0.6) is 0 Å². The summed E-state index contributed by atoms with van der Waals surface area (Å²) in [6.45, 7) is 2.55. The van der Waals surface area contributed by atoms with Gasteiger partial charge in [0.1, 0.15) is 5.82 Å². The van der Waals surface area contributed by atoms with E-state index < -0.39 is 0 Å². The van der Waals surface area contributed by atoms with Crippen LogP contribution in [-0.2, 0) is 19.4 Å². The summed E-state index contributed by atoms with van der Waals surface area (Å²) in [5.74, 6) is 0.816. The molecule has 0 radical (unpaired) electrons. The van der Waals surface area contributed by atoms with Crippen LogP contribution in [0.1, 0.15) is 29.2 Å². The fourth-order valence-electron chi connectivity index (χ4n) is 2.96. The number of aromatic nitrogens is 6. The van der Waals surface area contributed by atoms with Gasteiger partial charge in [0.15, 0.2) is 0 Å². The van der Waals surface area contributed by atoms with Gasteiger partial charge in [-0.3, -0.25) is 0 Å². The van der Waals surface area contributed by atoms with E-state index in [1.54, 1.807) is 4.68 Å². The number of hydrogen-bond donors (Lipinski definition) is 0. The van der Waals surface area contributed by atoms with E-state index in [0.717, 1.165) is 30.0 Å². The minimum Gasteiger partial charge on any atom is -0.237 e. The lowest BCUT2D eigenvalue weighted by Gasteiger charge is -2.04. The first-order chi connectivity index (χ1) is 10.3. The Labute approximate surface area is 122 Å². The van der Waals surface area contributed by atoms with Crippen molar-refractivity contribution in [3.8, 4) is 5.69 Å². The van der Waals surface area contributed by atoms with Crippen LogP contribution in [0.15, 0.2) is 30.3 Å². The predicted octanol–water partition coefficient (Wildman–Crippen LogP) is 1.70. The first-order valence-corrected chi connectivity index (χ1v) is 7.21. The van der Waals surface area contributed by atoms with E-state index in [2.05, 4.69) is 32.3 Å². The van der Waals surface area contributed by atoms with Crippen molar-refractivity contribution in [2.24, 2.45) is 0 Å². The zero-order chi connectivity index (χ0) is 14.2. The fraction of sp³-hybridized carbons (Fsp3) is 0.333. The average Bonchev–Trinajstić information content (AvgIpc) is 3.19. The molecule has 2 heterocycles. The van der Waals surface area contributed by atoms with Crippen molar-refractivity contribution in [3.63, 3.8) is 0 Å². The molecule has 0 aliphatic heterocycles. The topological polar surface area (TPSA) is 61.4 Å². The van der Waals surface area contributed by atoms with Crippen LogP contribution < -0.4 is 0 Å². The van der Waals surface area contributed by atoms with Crippen molar-refractivity contribution in [2.45, 2.75) is 32.7 Å². The summed E-state index contributed by atoms with van der Waals surface area (Å²) in [6, 6.07) is 10.3. The van der Waals surface area contributed by atoms with Crippen LogP contribution in [0.4, 0.5) is 0 Å². The van der Waals surface area contributed by atoms with Gasteiger partial charge in [-0.1, -0.05) is 18.2 Å². The summed E-state index contributed by atoms with van der Waals surface area (Å²) in [5.41, 5.74) is 4.91. The van der Waals surface area contributed by atoms with Gasteiger partial charge in [-0.2, -0.15) is 5.10 Å². The van der Waals surface area contributed by atoms with Crippen molar-refractivity contribution < 1.29 is 0 Å². The Balaban J connectivity index is 1.78. The van der Waals surface area contributed by atoms with Crippen molar-refractivity contribution >= 4 is 0 Å². The first kappa shape index (κ1) is 12.3.